The minimum atomic E-state index is -3.81. The molecule has 7 heteroatoms. The van der Waals surface area contributed by atoms with Crippen LogP contribution in [0.4, 0.5) is 0 Å². The molecular weight excluding hydrogens is 312 g/mol. The van der Waals surface area contributed by atoms with Gasteiger partial charge in [0.2, 0.25) is 0 Å². The summed E-state index contributed by atoms with van der Waals surface area (Å²) >= 11 is 0. The van der Waals surface area contributed by atoms with Gasteiger partial charge in [-0.1, -0.05) is 13.8 Å². The lowest BCUT2D eigenvalue weighted by molar-refractivity contribution is 0.0725. The number of halogens is 1. The number of amides is 1. The molecular formula is C14H21ClN2O3S. The SMILES string of the molecule is CC(C)CCN(C(=O)c1cc(S(=O)(=O)Cl)cn1C)C1CC1. The molecule has 0 N–H and O–H groups in total. The maximum atomic E-state index is 12.7. The minimum absolute atomic E-state index is 0.0328. The molecule has 0 atom stereocenters. The lowest BCUT2D eigenvalue weighted by Crippen LogP contribution is -2.35. The van der Waals surface area contributed by atoms with E-state index in [1.54, 1.807) is 7.05 Å². The highest BCUT2D eigenvalue weighted by Crippen LogP contribution is 2.29. The van der Waals surface area contributed by atoms with E-state index in [0.717, 1.165) is 19.3 Å². The maximum absolute atomic E-state index is 12.7. The first-order chi connectivity index (χ1) is 9.70. The number of nitrogens with zero attached hydrogens (tertiary/aromatic N) is 2. The van der Waals surface area contributed by atoms with Crippen LogP contribution in [0.25, 0.3) is 0 Å². The molecule has 1 heterocycles. The number of carbonyl (C=O) groups excluding carboxylic acids is 1. The van der Waals surface area contributed by atoms with E-state index in [1.165, 1.54) is 16.8 Å². The summed E-state index contributed by atoms with van der Waals surface area (Å²) in [5, 5.41) is 0. The quantitative estimate of drug-likeness (QED) is 0.752. The molecule has 21 heavy (non-hydrogen) atoms. The second kappa shape index (κ2) is 6.01. The van der Waals surface area contributed by atoms with Gasteiger partial charge in [0, 0.05) is 36.5 Å². The van der Waals surface area contributed by atoms with Crippen molar-refractivity contribution in [2.24, 2.45) is 13.0 Å². The molecule has 1 fully saturated rings. The number of rotatable bonds is 6. The molecule has 1 aromatic heterocycles. The van der Waals surface area contributed by atoms with Crippen LogP contribution in [-0.4, -0.2) is 36.4 Å². The van der Waals surface area contributed by atoms with Crippen LogP contribution in [0.15, 0.2) is 17.2 Å². The second-order valence-corrected chi connectivity index (χ2v) is 8.59. The molecule has 1 aromatic rings. The Kier molecular flexibility index (Phi) is 4.68. The van der Waals surface area contributed by atoms with E-state index in [9.17, 15) is 13.2 Å². The van der Waals surface area contributed by atoms with Crippen LogP contribution < -0.4 is 0 Å². The van der Waals surface area contributed by atoms with Gasteiger partial charge < -0.3 is 9.47 Å². The van der Waals surface area contributed by atoms with Gasteiger partial charge in [-0.25, -0.2) is 8.42 Å². The van der Waals surface area contributed by atoms with Crippen molar-refractivity contribution in [3.8, 4) is 0 Å². The molecule has 0 saturated heterocycles. The molecule has 1 aliphatic carbocycles. The summed E-state index contributed by atoms with van der Waals surface area (Å²) in [6.45, 7) is 4.95. The first-order valence-electron chi connectivity index (χ1n) is 7.12. The average molecular weight is 333 g/mol. The highest BCUT2D eigenvalue weighted by Gasteiger charge is 2.34. The van der Waals surface area contributed by atoms with Gasteiger partial charge in [-0.15, -0.1) is 0 Å². The summed E-state index contributed by atoms with van der Waals surface area (Å²) in [4.78, 5) is 14.5. The van der Waals surface area contributed by atoms with Gasteiger partial charge in [-0.05, 0) is 31.2 Å². The van der Waals surface area contributed by atoms with E-state index in [-0.39, 0.29) is 10.8 Å². The Morgan fingerprint density at radius 2 is 2.10 bits per heavy atom. The van der Waals surface area contributed by atoms with Gasteiger partial charge >= 0.3 is 0 Å². The van der Waals surface area contributed by atoms with Crippen LogP contribution in [0.1, 0.15) is 43.6 Å². The van der Waals surface area contributed by atoms with Crippen molar-refractivity contribution in [3.05, 3.63) is 18.0 Å². The Morgan fingerprint density at radius 3 is 2.52 bits per heavy atom. The zero-order valence-electron chi connectivity index (χ0n) is 12.5. The first-order valence-corrected chi connectivity index (χ1v) is 9.43. The molecule has 0 aromatic carbocycles. The predicted molar refractivity (Wildman–Crippen MR) is 82.0 cm³/mol. The van der Waals surface area contributed by atoms with Crippen LogP contribution in [0, 0.1) is 5.92 Å². The first kappa shape index (κ1) is 16.4. The molecule has 2 rings (SSSR count). The third kappa shape index (κ3) is 4.01. The highest BCUT2D eigenvalue weighted by molar-refractivity contribution is 8.13. The fourth-order valence-electron chi connectivity index (χ4n) is 2.26. The molecule has 5 nitrogen and oxygen atoms in total. The number of hydrogen-bond donors (Lipinski definition) is 0. The molecule has 0 bridgehead atoms. The molecule has 0 unspecified atom stereocenters. The molecule has 1 aliphatic rings. The van der Waals surface area contributed by atoms with Crippen molar-refractivity contribution in [2.75, 3.05) is 6.54 Å². The van der Waals surface area contributed by atoms with Crippen molar-refractivity contribution in [1.82, 2.24) is 9.47 Å². The Labute approximate surface area is 130 Å². The van der Waals surface area contributed by atoms with Crippen LogP contribution >= 0.6 is 10.7 Å². The average Bonchev–Trinajstić information content (AvgIpc) is 3.09. The molecule has 0 radical (unpaired) electrons. The van der Waals surface area contributed by atoms with Crippen LogP contribution in [0.3, 0.4) is 0 Å². The van der Waals surface area contributed by atoms with E-state index in [1.807, 2.05) is 4.90 Å². The van der Waals surface area contributed by atoms with E-state index >= 15 is 0 Å². The van der Waals surface area contributed by atoms with Gasteiger partial charge in [0.25, 0.3) is 15.0 Å². The van der Waals surface area contributed by atoms with Crippen molar-refractivity contribution < 1.29 is 13.2 Å². The topological polar surface area (TPSA) is 59.4 Å². The largest absolute Gasteiger partial charge is 0.345 e. The minimum Gasteiger partial charge on any atom is -0.345 e. The summed E-state index contributed by atoms with van der Waals surface area (Å²) < 4.78 is 24.3. The van der Waals surface area contributed by atoms with Crippen molar-refractivity contribution >= 4 is 25.6 Å². The second-order valence-electron chi connectivity index (χ2n) is 6.02. The smallest absolute Gasteiger partial charge is 0.270 e. The molecule has 0 aliphatic heterocycles. The third-order valence-electron chi connectivity index (χ3n) is 3.68. The van der Waals surface area contributed by atoms with E-state index in [0.29, 0.717) is 24.2 Å². The number of hydrogen-bond acceptors (Lipinski definition) is 3. The lowest BCUT2D eigenvalue weighted by atomic mass is 10.1. The van der Waals surface area contributed by atoms with Crippen molar-refractivity contribution in [2.45, 2.75) is 44.0 Å². The number of aryl methyl sites for hydroxylation is 1. The fourth-order valence-corrected chi connectivity index (χ4v) is 3.05. The zero-order valence-corrected chi connectivity index (χ0v) is 14.1. The van der Waals surface area contributed by atoms with Crippen molar-refractivity contribution in [3.63, 3.8) is 0 Å². The Morgan fingerprint density at radius 1 is 1.48 bits per heavy atom. The monoisotopic (exact) mass is 332 g/mol. The van der Waals surface area contributed by atoms with Gasteiger partial charge in [0.15, 0.2) is 0 Å². The molecule has 118 valence electrons. The van der Waals surface area contributed by atoms with Gasteiger partial charge in [0.05, 0.1) is 0 Å². The Bertz CT molecular complexity index is 633. The lowest BCUT2D eigenvalue weighted by Gasteiger charge is -2.23. The summed E-state index contributed by atoms with van der Waals surface area (Å²) in [6, 6.07) is 1.65. The normalized spacial score (nSPS) is 15.5. The maximum Gasteiger partial charge on any atom is 0.270 e. The summed E-state index contributed by atoms with van der Waals surface area (Å²) in [5.41, 5.74) is 0.366. The molecule has 1 amide bonds. The summed E-state index contributed by atoms with van der Waals surface area (Å²) in [5.74, 6) is 0.401. The zero-order chi connectivity index (χ0) is 15.8. The number of carbonyl (C=O) groups is 1. The van der Waals surface area contributed by atoms with Gasteiger partial charge in [0.1, 0.15) is 10.6 Å². The molecule has 1 saturated carbocycles. The fraction of sp³-hybridized carbons (Fsp3) is 0.643. The van der Waals surface area contributed by atoms with E-state index in [2.05, 4.69) is 13.8 Å². The van der Waals surface area contributed by atoms with Crippen molar-refractivity contribution in [1.29, 1.82) is 0 Å². The Hall–Kier alpha value is -1.01. The van der Waals surface area contributed by atoms with Gasteiger partial charge in [-0.3, -0.25) is 4.79 Å². The summed E-state index contributed by atoms with van der Waals surface area (Å²) in [6.07, 6.45) is 4.36. The Balaban J connectivity index is 2.23. The predicted octanol–water partition coefficient (Wildman–Crippen LogP) is 2.60. The molecule has 0 spiro atoms. The van der Waals surface area contributed by atoms with Crippen LogP contribution in [-0.2, 0) is 16.1 Å². The summed E-state index contributed by atoms with van der Waals surface area (Å²) in [7, 11) is 3.19. The van der Waals surface area contributed by atoms with Gasteiger partial charge in [-0.2, -0.15) is 0 Å². The van der Waals surface area contributed by atoms with Crippen LogP contribution in [0.5, 0.6) is 0 Å². The third-order valence-corrected chi connectivity index (χ3v) is 5.00. The van der Waals surface area contributed by atoms with E-state index in [4.69, 9.17) is 10.7 Å². The van der Waals surface area contributed by atoms with E-state index < -0.39 is 9.05 Å². The number of aromatic nitrogens is 1. The standard InChI is InChI=1S/C14H21ClN2O3S/c1-10(2)6-7-17(11-4-5-11)14(18)13-8-12(9-16(13)3)21(15,19)20/h8-11H,4-7H2,1-3H3. The van der Waals surface area contributed by atoms with Crippen LogP contribution in [0.2, 0.25) is 0 Å². The highest BCUT2D eigenvalue weighted by atomic mass is 35.7.